The standard InChI is InChI=1S/C20H17FN4O3S/c1-28-15-4-2-3-13(9-15)11-25-29(26,27)18-6-5-14(10-17(18)21)19-16-7-8-22-20(16)24-12-23-19/h2-10,12,25H,11H2,1H3,(H,22,23,24). The number of rotatable bonds is 6. The molecule has 0 atom stereocenters. The van der Waals surface area contributed by atoms with Gasteiger partial charge in [0.15, 0.2) is 0 Å². The smallest absolute Gasteiger partial charge is 0.243 e. The summed E-state index contributed by atoms with van der Waals surface area (Å²) in [5, 5.41) is 0.721. The van der Waals surface area contributed by atoms with E-state index in [-0.39, 0.29) is 6.54 Å². The Bertz CT molecular complexity index is 1290. The van der Waals surface area contributed by atoms with E-state index >= 15 is 0 Å². The van der Waals surface area contributed by atoms with Crippen LogP contribution in [0.4, 0.5) is 4.39 Å². The number of H-pyrrole nitrogens is 1. The van der Waals surface area contributed by atoms with Crippen LogP contribution in [0, 0.1) is 5.82 Å². The first kappa shape index (κ1) is 19.0. The van der Waals surface area contributed by atoms with Gasteiger partial charge in [-0.05, 0) is 35.9 Å². The molecule has 2 aromatic heterocycles. The molecule has 0 amide bonds. The SMILES string of the molecule is COc1cccc(CNS(=O)(=O)c2ccc(-c3ncnc4[nH]ccc34)cc2F)c1. The van der Waals surface area contributed by atoms with E-state index < -0.39 is 20.7 Å². The van der Waals surface area contributed by atoms with Crippen LogP contribution in [0.25, 0.3) is 22.3 Å². The van der Waals surface area contributed by atoms with Crippen LogP contribution in [0.2, 0.25) is 0 Å². The van der Waals surface area contributed by atoms with E-state index in [0.29, 0.717) is 28.2 Å². The summed E-state index contributed by atoms with van der Waals surface area (Å²) in [4.78, 5) is 10.8. The van der Waals surface area contributed by atoms with Gasteiger partial charge in [-0.2, -0.15) is 0 Å². The topological polar surface area (TPSA) is 97.0 Å². The Balaban J connectivity index is 1.60. The molecule has 0 aliphatic heterocycles. The lowest BCUT2D eigenvalue weighted by Crippen LogP contribution is -2.24. The van der Waals surface area contributed by atoms with E-state index in [0.717, 1.165) is 11.5 Å². The van der Waals surface area contributed by atoms with Crippen LogP contribution < -0.4 is 9.46 Å². The number of sulfonamides is 1. The number of aromatic amines is 1. The van der Waals surface area contributed by atoms with Crippen molar-refractivity contribution in [2.45, 2.75) is 11.4 Å². The Kier molecular flexibility index (Phi) is 4.99. The van der Waals surface area contributed by atoms with Crippen molar-refractivity contribution in [3.8, 4) is 17.0 Å². The second-order valence-electron chi connectivity index (χ2n) is 6.28. The molecule has 4 aromatic rings. The largest absolute Gasteiger partial charge is 0.497 e. The van der Waals surface area contributed by atoms with Gasteiger partial charge in [-0.15, -0.1) is 0 Å². The van der Waals surface area contributed by atoms with Crippen molar-refractivity contribution in [3.05, 3.63) is 72.4 Å². The Morgan fingerprint density at radius 3 is 2.79 bits per heavy atom. The average molecular weight is 412 g/mol. The highest BCUT2D eigenvalue weighted by Crippen LogP contribution is 2.27. The number of benzene rings is 2. The first-order chi connectivity index (χ1) is 14.0. The van der Waals surface area contributed by atoms with Gasteiger partial charge in [-0.1, -0.05) is 18.2 Å². The molecule has 0 bridgehead atoms. The Morgan fingerprint density at radius 1 is 1.14 bits per heavy atom. The van der Waals surface area contributed by atoms with Crippen LogP contribution in [0.5, 0.6) is 5.75 Å². The van der Waals surface area contributed by atoms with E-state index in [9.17, 15) is 12.8 Å². The molecule has 4 rings (SSSR count). The van der Waals surface area contributed by atoms with Gasteiger partial charge in [0, 0.05) is 23.7 Å². The zero-order valence-corrected chi connectivity index (χ0v) is 16.2. The summed E-state index contributed by atoms with van der Waals surface area (Å²) < 4.78 is 47.4. The Morgan fingerprint density at radius 2 is 2.00 bits per heavy atom. The van der Waals surface area contributed by atoms with Crippen LogP contribution >= 0.6 is 0 Å². The molecular weight excluding hydrogens is 395 g/mol. The number of hydrogen-bond donors (Lipinski definition) is 2. The molecule has 0 saturated heterocycles. The van der Waals surface area contributed by atoms with Crippen molar-refractivity contribution in [1.29, 1.82) is 0 Å². The molecule has 2 N–H and O–H groups in total. The van der Waals surface area contributed by atoms with Crippen LogP contribution in [-0.2, 0) is 16.6 Å². The van der Waals surface area contributed by atoms with Gasteiger partial charge in [0.1, 0.15) is 28.4 Å². The molecule has 29 heavy (non-hydrogen) atoms. The summed E-state index contributed by atoms with van der Waals surface area (Å²) in [6.07, 6.45) is 3.08. The molecule has 0 radical (unpaired) electrons. The van der Waals surface area contributed by atoms with Crippen LogP contribution in [0.3, 0.4) is 0 Å². The van der Waals surface area contributed by atoms with Gasteiger partial charge in [-0.3, -0.25) is 0 Å². The van der Waals surface area contributed by atoms with E-state index in [4.69, 9.17) is 4.74 Å². The van der Waals surface area contributed by atoms with E-state index in [1.807, 2.05) is 0 Å². The minimum Gasteiger partial charge on any atom is -0.497 e. The lowest BCUT2D eigenvalue weighted by molar-refractivity contribution is 0.414. The summed E-state index contributed by atoms with van der Waals surface area (Å²) in [7, 11) is -2.52. The van der Waals surface area contributed by atoms with Crippen molar-refractivity contribution >= 4 is 21.1 Å². The van der Waals surface area contributed by atoms with Crippen molar-refractivity contribution in [2.24, 2.45) is 0 Å². The molecule has 2 aromatic carbocycles. The first-order valence-corrected chi connectivity index (χ1v) is 10.2. The highest BCUT2D eigenvalue weighted by Gasteiger charge is 2.20. The Hall–Kier alpha value is -3.30. The monoisotopic (exact) mass is 412 g/mol. The molecule has 0 aliphatic rings. The number of ether oxygens (including phenoxy) is 1. The highest BCUT2D eigenvalue weighted by molar-refractivity contribution is 7.89. The molecule has 7 nitrogen and oxygen atoms in total. The number of aromatic nitrogens is 3. The fraction of sp³-hybridized carbons (Fsp3) is 0.100. The zero-order chi connectivity index (χ0) is 20.4. The minimum absolute atomic E-state index is 0.0105. The molecular formula is C20H17FN4O3S. The second-order valence-corrected chi connectivity index (χ2v) is 8.02. The van der Waals surface area contributed by atoms with Crippen molar-refractivity contribution in [2.75, 3.05) is 7.11 Å². The maximum absolute atomic E-state index is 14.7. The quantitative estimate of drug-likeness (QED) is 0.507. The van der Waals surface area contributed by atoms with Gasteiger partial charge in [-0.25, -0.2) is 27.5 Å². The maximum atomic E-state index is 14.7. The van der Waals surface area contributed by atoms with Gasteiger partial charge in [0.05, 0.1) is 12.8 Å². The summed E-state index contributed by atoms with van der Waals surface area (Å²) in [6.45, 7) is 0.0105. The average Bonchev–Trinajstić information content (AvgIpc) is 3.21. The number of nitrogens with one attached hydrogen (secondary N) is 2. The number of methoxy groups -OCH3 is 1. The summed E-state index contributed by atoms with van der Waals surface area (Å²) in [6, 6.07) is 12.7. The number of fused-ring (bicyclic) bond motifs is 1. The lowest BCUT2D eigenvalue weighted by atomic mass is 10.1. The van der Waals surface area contributed by atoms with Crippen molar-refractivity contribution in [1.82, 2.24) is 19.7 Å². The van der Waals surface area contributed by atoms with Crippen molar-refractivity contribution in [3.63, 3.8) is 0 Å². The van der Waals surface area contributed by atoms with E-state index in [1.165, 1.54) is 25.6 Å². The molecule has 0 spiro atoms. The predicted octanol–water partition coefficient (Wildman–Crippen LogP) is 3.25. The van der Waals surface area contributed by atoms with Gasteiger partial charge >= 0.3 is 0 Å². The number of hydrogen-bond acceptors (Lipinski definition) is 5. The molecule has 0 unspecified atom stereocenters. The zero-order valence-electron chi connectivity index (χ0n) is 15.4. The third-order valence-corrected chi connectivity index (χ3v) is 5.88. The number of nitrogens with zero attached hydrogens (tertiary/aromatic N) is 2. The summed E-state index contributed by atoms with van der Waals surface area (Å²) in [5.41, 5.74) is 2.29. The fourth-order valence-corrected chi connectivity index (χ4v) is 4.08. The van der Waals surface area contributed by atoms with Gasteiger partial charge < -0.3 is 9.72 Å². The minimum atomic E-state index is -4.04. The van der Waals surface area contributed by atoms with Gasteiger partial charge in [0.2, 0.25) is 10.0 Å². The van der Waals surface area contributed by atoms with Crippen LogP contribution in [-0.4, -0.2) is 30.5 Å². The van der Waals surface area contributed by atoms with Crippen LogP contribution in [0.1, 0.15) is 5.56 Å². The molecule has 9 heteroatoms. The maximum Gasteiger partial charge on any atom is 0.243 e. The normalized spacial score (nSPS) is 11.7. The van der Waals surface area contributed by atoms with Gasteiger partial charge in [0.25, 0.3) is 0 Å². The van der Waals surface area contributed by atoms with E-state index in [1.54, 1.807) is 36.5 Å². The second kappa shape index (κ2) is 7.61. The first-order valence-electron chi connectivity index (χ1n) is 8.68. The van der Waals surface area contributed by atoms with Crippen molar-refractivity contribution < 1.29 is 17.5 Å². The number of halogens is 1. The summed E-state index contributed by atoms with van der Waals surface area (Å²) >= 11 is 0. The van der Waals surface area contributed by atoms with E-state index in [2.05, 4.69) is 19.7 Å². The highest BCUT2D eigenvalue weighted by atomic mass is 32.2. The molecule has 0 saturated carbocycles. The summed E-state index contributed by atoms with van der Waals surface area (Å²) in [5.74, 6) is -0.249. The third kappa shape index (κ3) is 3.82. The molecule has 148 valence electrons. The predicted molar refractivity (Wildman–Crippen MR) is 106 cm³/mol. The lowest BCUT2D eigenvalue weighted by Gasteiger charge is -2.10. The fourth-order valence-electron chi connectivity index (χ4n) is 3.01. The third-order valence-electron chi connectivity index (χ3n) is 4.45. The molecule has 2 heterocycles. The molecule has 0 aliphatic carbocycles. The molecule has 0 fully saturated rings. The van der Waals surface area contributed by atoms with Crippen LogP contribution in [0.15, 0.2) is 66.0 Å². The Labute approximate surface area is 166 Å².